The quantitative estimate of drug-likeness (QED) is 0.185. The zero-order chi connectivity index (χ0) is 19.7. The molecule has 0 unspecified atom stereocenters. The summed E-state index contributed by atoms with van der Waals surface area (Å²) in [5.74, 6) is -0.739. The number of nitrogens with one attached hydrogen (secondary N) is 2. The number of methoxy groups -OCH3 is 1. The van der Waals surface area contributed by atoms with Crippen LogP contribution in [0.15, 0.2) is 9.98 Å². The molecule has 0 saturated heterocycles. The van der Waals surface area contributed by atoms with E-state index in [1.807, 2.05) is 0 Å². The van der Waals surface area contributed by atoms with E-state index in [2.05, 4.69) is 25.4 Å². The van der Waals surface area contributed by atoms with Gasteiger partial charge in [-0.2, -0.15) is 0 Å². The van der Waals surface area contributed by atoms with Gasteiger partial charge < -0.3 is 26.8 Å². The minimum atomic E-state index is -0.778. The van der Waals surface area contributed by atoms with Crippen LogP contribution in [-0.4, -0.2) is 74.1 Å². The molecule has 0 radical (unpaired) electrons. The zero-order valence-corrected chi connectivity index (χ0v) is 14.9. The van der Waals surface area contributed by atoms with Gasteiger partial charge >= 0.3 is 6.09 Å². The maximum atomic E-state index is 12.3. The van der Waals surface area contributed by atoms with Gasteiger partial charge in [-0.05, 0) is 12.8 Å². The first-order valence-corrected chi connectivity index (χ1v) is 8.01. The fourth-order valence-electron chi connectivity index (χ4n) is 2.22. The Hall–Kier alpha value is -2.89. The molecule has 146 valence electrons. The molecule has 0 spiro atoms. The number of carbonyl (C=O) groups excluding carboxylic acids is 3. The molecule has 1 aliphatic heterocycles. The molecule has 0 bridgehead atoms. The average molecular weight is 370 g/mol. The monoisotopic (exact) mass is 370 g/mol. The minimum absolute atomic E-state index is 0.0132. The van der Waals surface area contributed by atoms with Crippen molar-refractivity contribution in [3.8, 4) is 0 Å². The van der Waals surface area contributed by atoms with Crippen LogP contribution in [0, 0.1) is 0 Å². The summed E-state index contributed by atoms with van der Waals surface area (Å²) >= 11 is 0. The Balaban J connectivity index is 2.49. The standard InChI is InChI=1S/C14H26N8O4/c1-22(10(23)6-8(15)4-3-5-18-12(16)17)9-7-19-13(20-11(9)24)21-14(25)26-2/h8-9H,3-7,15H2,1-2H3,(H4,16,17,18)(H2,19,20,21,24,25)/t8-,9+/m0/s1. The lowest BCUT2D eigenvalue weighted by Gasteiger charge is -2.30. The number of amides is 3. The van der Waals surface area contributed by atoms with Crippen LogP contribution < -0.4 is 27.8 Å². The number of guanidine groups is 2. The maximum absolute atomic E-state index is 12.3. The van der Waals surface area contributed by atoms with Crippen molar-refractivity contribution < 1.29 is 19.1 Å². The Bertz CT molecular complexity index is 587. The van der Waals surface area contributed by atoms with Gasteiger partial charge in [0.1, 0.15) is 6.04 Å². The number of aliphatic imine (C=N–C) groups is 2. The van der Waals surface area contributed by atoms with Crippen LogP contribution in [-0.2, 0) is 14.3 Å². The molecule has 3 amide bonds. The third-order valence-corrected chi connectivity index (χ3v) is 3.70. The molecular formula is C14H26N8O4. The third kappa shape index (κ3) is 6.93. The summed E-state index contributed by atoms with van der Waals surface area (Å²) in [6.45, 7) is 0.461. The van der Waals surface area contributed by atoms with Crippen LogP contribution in [0.5, 0.6) is 0 Å². The smallest absolute Gasteiger partial charge is 0.413 e. The van der Waals surface area contributed by atoms with Crippen LogP contribution in [0.3, 0.4) is 0 Å². The molecular weight excluding hydrogens is 344 g/mol. The molecule has 8 N–H and O–H groups in total. The Kier molecular flexibility index (Phi) is 8.28. The largest absolute Gasteiger partial charge is 0.453 e. The summed E-state index contributed by atoms with van der Waals surface area (Å²) in [7, 11) is 2.70. The van der Waals surface area contributed by atoms with E-state index >= 15 is 0 Å². The highest BCUT2D eigenvalue weighted by atomic mass is 16.5. The maximum Gasteiger partial charge on any atom is 0.413 e. The number of alkyl carbamates (subject to hydrolysis) is 1. The second-order valence-corrected chi connectivity index (χ2v) is 5.73. The first kappa shape index (κ1) is 21.2. The van der Waals surface area contributed by atoms with Crippen LogP contribution in [0.25, 0.3) is 0 Å². The summed E-state index contributed by atoms with van der Waals surface area (Å²) in [6, 6.07) is -1.15. The number of hydrogen-bond acceptors (Lipinski definition) is 7. The topological polar surface area (TPSA) is 191 Å². The van der Waals surface area contributed by atoms with Gasteiger partial charge in [-0.3, -0.25) is 25.2 Å². The predicted molar refractivity (Wildman–Crippen MR) is 95.0 cm³/mol. The highest BCUT2D eigenvalue weighted by Gasteiger charge is 2.31. The SMILES string of the molecule is COC(=O)NC1=NC[C@@H](N(C)C(=O)C[C@@H](N)CCCN=C(N)N)C(=O)N1. The molecule has 0 aliphatic carbocycles. The fourth-order valence-corrected chi connectivity index (χ4v) is 2.22. The average Bonchev–Trinajstić information content (AvgIpc) is 2.58. The highest BCUT2D eigenvalue weighted by molar-refractivity contribution is 6.06. The number of hydrogen-bond donors (Lipinski definition) is 5. The molecule has 1 aliphatic rings. The molecule has 1 heterocycles. The lowest BCUT2D eigenvalue weighted by molar-refractivity contribution is -0.138. The molecule has 2 atom stereocenters. The van der Waals surface area contributed by atoms with Crippen molar-refractivity contribution in [2.45, 2.75) is 31.3 Å². The van der Waals surface area contributed by atoms with Gasteiger partial charge in [0.25, 0.3) is 5.91 Å². The van der Waals surface area contributed by atoms with Gasteiger partial charge in [0.15, 0.2) is 5.96 Å². The minimum Gasteiger partial charge on any atom is -0.453 e. The van der Waals surface area contributed by atoms with Crippen LogP contribution in [0.1, 0.15) is 19.3 Å². The summed E-state index contributed by atoms with van der Waals surface area (Å²) in [4.78, 5) is 44.7. The van der Waals surface area contributed by atoms with Gasteiger partial charge in [0.2, 0.25) is 11.9 Å². The molecule has 0 aromatic rings. The predicted octanol–water partition coefficient (Wildman–Crippen LogP) is -2.57. The van der Waals surface area contributed by atoms with Crippen molar-refractivity contribution in [3.63, 3.8) is 0 Å². The van der Waals surface area contributed by atoms with Crippen LogP contribution in [0.2, 0.25) is 0 Å². The lowest BCUT2D eigenvalue weighted by atomic mass is 10.1. The Morgan fingerprint density at radius 3 is 2.77 bits per heavy atom. The Morgan fingerprint density at radius 1 is 1.50 bits per heavy atom. The number of ether oxygens (including phenoxy) is 1. The molecule has 12 heteroatoms. The summed E-state index contributed by atoms with van der Waals surface area (Å²) in [5.41, 5.74) is 16.4. The fraction of sp³-hybridized carbons (Fsp3) is 0.643. The zero-order valence-electron chi connectivity index (χ0n) is 14.9. The van der Waals surface area contributed by atoms with Gasteiger partial charge in [0, 0.05) is 26.1 Å². The van der Waals surface area contributed by atoms with Gasteiger partial charge in [-0.1, -0.05) is 0 Å². The van der Waals surface area contributed by atoms with Crippen LogP contribution in [0.4, 0.5) is 4.79 Å². The number of rotatable bonds is 7. The van der Waals surface area contributed by atoms with Crippen molar-refractivity contribution in [3.05, 3.63) is 0 Å². The molecule has 0 aromatic heterocycles. The van der Waals surface area contributed by atoms with Crippen LogP contribution >= 0.6 is 0 Å². The van der Waals surface area contributed by atoms with E-state index in [9.17, 15) is 14.4 Å². The second kappa shape index (κ2) is 10.2. The Morgan fingerprint density at radius 2 is 2.19 bits per heavy atom. The van der Waals surface area contributed by atoms with E-state index in [-0.39, 0.29) is 36.8 Å². The van der Waals surface area contributed by atoms with Crippen molar-refractivity contribution in [2.24, 2.45) is 27.2 Å². The first-order chi connectivity index (χ1) is 12.2. The third-order valence-electron chi connectivity index (χ3n) is 3.70. The number of likely N-dealkylation sites (N-methyl/N-ethyl adjacent to an activating group) is 1. The van der Waals surface area contributed by atoms with E-state index in [0.717, 1.165) is 0 Å². The molecule has 0 aromatic carbocycles. The van der Waals surface area contributed by atoms with Crippen molar-refractivity contribution in [1.82, 2.24) is 15.5 Å². The molecule has 12 nitrogen and oxygen atoms in total. The number of nitrogens with zero attached hydrogens (tertiary/aromatic N) is 3. The van der Waals surface area contributed by atoms with E-state index in [1.165, 1.54) is 19.1 Å². The summed E-state index contributed by atoms with van der Waals surface area (Å²) < 4.78 is 4.42. The Labute approximate surface area is 151 Å². The normalized spacial score (nSPS) is 17.4. The molecule has 0 saturated carbocycles. The van der Waals surface area contributed by atoms with E-state index in [4.69, 9.17) is 17.2 Å². The first-order valence-electron chi connectivity index (χ1n) is 8.01. The van der Waals surface area contributed by atoms with Gasteiger partial charge in [-0.25, -0.2) is 9.79 Å². The lowest BCUT2D eigenvalue weighted by Crippen LogP contribution is -2.57. The second-order valence-electron chi connectivity index (χ2n) is 5.73. The molecule has 26 heavy (non-hydrogen) atoms. The van der Waals surface area contributed by atoms with E-state index in [1.54, 1.807) is 0 Å². The number of nitrogens with two attached hydrogens (primary N) is 3. The van der Waals surface area contributed by atoms with Gasteiger partial charge in [-0.15, -0.1) is 0 Å². The highest BCUT2D eigenvalue weighted by Crippen LogP contribution is 2.08. The molecule has 1 rings (SSSR count). The van der Waals surface area contributed by atoms with Crippen molar-refractivity contribution in [1.29, 1.82) is 0 Å². The summed E-state index contributed by atoms with van der Waals surface area (Å²) in [6.07, 6.45) is 0.545. The van der Waals surface area contributed by atoms with Crippen molar-refractivity contribution in [2.75, 3.05) is 27.2 Å². The van der Waals surface area contributed by atoms with Crippen molar-refractivity contribution >= 4 is 29.8 Å². The van der Waals surface area contributed by atoms with Gasteiger partial charge in [0.05, 0.1) is 13.7 Å². The number of carbonyl (C=O) groups is 3. The van der Waals surface area contributed by atoms with E-state index < -0.39 is 18.0 Å². The van der Waals surface area contributed by atoms with E-state index in [0.29, 0.717) is 19.4 Å². The molecule has 0 fully saturated rings. The summed E-state index contributed by atoms with van der Waals surface area (Å²) in [5, 5.41) is 4.67.